The fourth-order valence-electron chi connectivity index (χ4n) is 0.764. The maximum absolute atomic E-state index is 5.36. The first-order valence-corrected chi connectivity index (χ1v) is 4.15. The highest BCUT2D eigenvalue weighted by Gasteiger charge is 1.99. The fraction of sp³-hybridized carbons (Fsp3) is 0.333. The van der Waals surface area contributed by atoms with Crippen molar-refractivity contribution in [2.24, 2.45) is 0 Å². The Hall–Kier alpha value is -0.670. The predicted molar refractivity (Wildman–Crippen MR) is 50.8 cm³/mol. The summed E-state index contributed by atoms with van der Waals surface area (Å²) in [6.45, 7) is 1.84. The molecule has 0 bridgehead atoms. The Balaban J connectivity index is 2.58. The quantitative estimate of drug-likeness (QED) is 0.574. The van der Waals surface area contributed by atoms with Crippen molar-refractivity contribution >= 4 is 12.6 Å². The van der Waals surface area contributed by atoms with Crippen LogP contribution in [0, 0.1) is 0 Å². The summed E-state index contributed by atoms with van der Waals surface area (Å²) in [5.41, 5.74) is 0. The molecule has 0 aliphatic carbocycles. The summed E-state index contributed by atoms with van der Waals surface area (Å²) in [5, 5.41) is 0. The second kappa shape index (κ2) is 4.38. The summed E-state index contributed by atoms with van der Waals surface area (Å²) in [6.07, 6.45) is -0.212. The van der Waals surface area contributed by atoms with Crippen molar-refractivity contribution in [1.82, 2.24) is 0 Å². The highest BCUT2D eigenvalue weighted by Crippen LogP contribution is 2.15. The molecule has 0 N–H and O–H groups in total. The van der Waals surface area contributed by atoms with Gasteiger partial charge in [0, 0.05) is 12.0 Å². The first kappa shape index (κ1) is 9.42. The van der Waals surface area contributed by atoms with E-state index in [-0.39, 0.29) is 6.29 Å². The monoisotopic (exact) mass is 184 g/mol. The maximum atomic E-state index is 5.36. The van der Waals surface area contributed by atoms with Crippen LogP contribution in [-0.2, 0) is 4.74 Å². The molecule has 12 heavy (non-hydrogen) atoms. The molecule has 0 aliphatic rings. The summed E-state index contributed by atoms with van der Waals surface area (Å²) in [5.74, 6) is 0.794. The molecule has 0 heterocycles. The first-order valence-electron chi connectivity index (χ1n) is 3.71. The molecule has 1 atom stereocenters. The van der Waals surface area contributed by atoms with Gasteiger partial charge in [-0.05, 0) is 31.2 Å². The van der Waals surface area contributed by atoms with Gasteiger partial charge in [0.05, 0.1) is 0 Å². The van der Waals surface area contributed by atoms with Gasteiger partial charge in [-0.2, -0.15) is 0 Å². The number of ether oxygens (including phenoxy) is 2. The molecule has 0 aliphatic heterocycles. The molecule has 0 radical (unpaired) electrons. The Morgan fingerprint density at radius 3 is 2.33 bits per heavy atom. The Kier molecular flexibility index (Phi) is 3.44. The minimum atomic E-state index is -0.212. The van der Waals surface area contributed by atoms with Crippen LogP contribution >= 0.6 is 12.6 Å². The highest BCUT2D eigenvalue weighted by atomic mass is 32.1. The normalized spacial score (nSPS) is 12.6. The zero-order chi connectivity index (χ0) is 8.97. The number of hydrogen-bond acceptors (Lipinski definition) is 3. The van der Waals surface area contributed by atoms with E-state index in [1.807, 2.05) is 31.2 Å². The summed E-state index contributed by atoms with van der Waals surface area (Å²) in [6, 6.07) is 7.47. The van der Waals surface area contributed by atoms with Gasteiger partial charge in [0.2, 0.25) is 0 Å². The first-order chi connectivity index (χ1) is 5.72. The second-order valence-corrected chi connectivity index (χ2v) is 2.93. The van der Waals surface area contributed by atoms with Crippen LogP contribution in [0.4, 0.5) is 0 Å². The molecule has 1 rings (SSSR count). The molecule has 0 spiro atoms. The Morgan fingerprint density at radius 1 is 1.25 bits per heavy atom. The zero-order valence-electron chi connectivity index (χ0n) is 7.15. The standard InChI is InChI=1S/C9H12O2S/c1-7(10-2)11-8-3-5-9(12)6-4-8/h3-7,12H,1-2H3. The largest absolute Gasteiger partial charge is 0.465 e. The van der Waals surface area contributed by atoms with Crippen LogP contribution < -0.4 is 4.74 Å². The van der Waals surface area contributed by atoms with Crippen molar-refractivity contribution in [3.8, 4) is 5.75 Å². The third-order valence-corrected chi connectivity index (χ3v) is 1.77. The molecule has 0 aromatic heterocycles. The van der Waals surface area contributed by atoms with Gasteiger partial charge in [-0.1, -0.05) is 0 Å². The Morgan fingerprint density at radius 2 is 1.83 bits per heavy atom. The van der Waals surface area contributed by atoms with E-state index in [4.69, 9.17) is 9.47 Å². The van der Waals surface area contributed by atoms with E-state index in [9.17, 15) is 0 Å². The average Bonchev–Trinajstić information content (AvgIpc) is 2.09. The van der Waals surface area contributed by atoms with E-state index < -0.39 is 0 Å². The van der Waals surface area contributed by atoms with Gasteiger partial charge < -0.3 is 9.47 Å². The van der Waals surface area contributed by atoms with E-state index in [0.717, 1.165) is 10.6 Å². The van der Waals surface area contributed by atoms with E-state index in [1.54, 1.807) is 7.11 Å². The molecule has 1 aromatic rings. The van der Waals surface area contributed by atoms with Crippen LogP contribution in [0.5, 0.6) is 5.75 Å². The van der Waals surface area contributed by atoms with Crippen LogP contribution in [0.15, 0.2) is 29.2 Å². The average molecular weight is 184 g/mol. The molecule has 3 heteroatoms. The molecular formula is C9H12O2S. The Bertz CT molecular complexity index is 233. The van der Waals surface area contributed by atoms with Crippen LogP contribution in [0.2, 0.25) is 0 Å². The van der Waals surface area contributed by atoms with Crippen LogP contribution in [-0.4, -0.2) is 13.4 Å². The third-order valence-electron chi connectivity index (χ3n) is 1.47. The van der Waals surface area contributed by atoms with Crippen molar-refractivity contribution in [3.05, 3.63) is 24.3 Å². The number of rotatable bonds is 3. The van der Waals surface area contributed by atoms with Crippen molar-refractivity contribution in [2.45, 2.75) is 18.1 Å². The van der Waals surface area contributed by atoms with Gasteiger partial charge in [0.1, 0.15) is 5.75 Å². The lowest BCUT2D eigenvalue weighted by molar-refractivity contribution is -0.0383. The van der Waals surface area contributed by atoms with Crippen LogP contribution in [0.1, 0.15) is 6.92 Å². The topological polar surface area (TPSA) is 18.5 Å². The fourth-order valence-corrected chi connectivity index (χ4v) is 0.914. The lowest BCUT2D eigenvalue weighted by atomic mass is 10.3. The van der Waals surface area contributed by atoms with Gasteiger partial charge in [-0.3, -0.25) is 0 Å². The minimum Gasteiger partial charge on any atom is -0.465 e. The second-order valence-electron chi connectivity index (χ2n) is 2.42. The number of benzene rings is 1. The summed E-state index contributed by atoms with van der Waals surface area (Å²) in [7, 11) is 1.61. The summed E-state index contributed by atoms with van der Waals surface area (Å²) >= 11 is 4.16. The van der Waals surface area contributed by atoms with E-state index >= 15 is 0 Å². The van der Waals surface area contributed by atoms with E-state index in [2.05, 4.69) is 12.6 Å². The van der Waals surface area contributed by atoms with Gasteiger partial charge in [0.15, 0.2) is 6.29 Å². The number of methoxy groups -OCH3 is 1. The van der Waals surface area contributed by atoms with Gasteiger partial charge in [-0.15, -0.1) is 12.6 Å². The zero-order valence-corrected chi connectivity index (χ0v) is 8.04. The van der Waals surface area contributed by atoms with Crippen molar-refractivity contribution in [3.63, 3.8) is 0 Å². The molecule has 2 nitrogen and oxygen atoms in total. The minimum absolute atomic E-state index is 0.212. The number of thiol groups is 1. The molecule has 0 saturated heterocycles. The summed E-state index contributed by atoms with van der Waals surface area (Å²) in [4.78, 5) is 0.924. The molecular weight excluding hydrogens is 172 g/mol. The lowest BCUT2D eigenvalue weighted by Gasteiger charge is -2.12. The summed E-state index contributed by atoms with van der Waals surface area (Å²) < 4.78 is 10.3. The molecule has 1 unspecified atom stereocenters. The molecule has 0 fully saturated rings. The van der Waals surface area contributed by atoms with Gasteiger partial charge >= 0.3 is 0 Å². The molecule has 0 saturated carbocycles. The predicted octanol–water partition coefficient (Wildman–Crippen LogP) is 2.35. The Labute approximate surface area is 77.9 Å². The molecule has 0 amide bonds. The van der Waals surface area contributed by atoms with Gasteiger partial charge in [-0.25, -0.2) is 0 Å². The van der Waals surface area contributed by atoms with Crippen molar-refractivity contribution < 1.29 is 9.47 Å². The molecule has 1 aromatic carbocycles. The smallest absolute Gasteiger partial charge is 0.196 e. The van der Waals surface area contributed by atoms with Crippen LogP contribution in [0.3, 0.4) is 0 Å². The molecule has 66 valence electrons. The lowest BCUT2D eigenvalue weighted by Crippen LogP contribution is -2.13. The van der Waals surface area contributed by atoms with E-state index in [1.165, 1.54) is 0 Å². The van der Waals surface area contributed by atoms with E-state index in [0.29, 0.717) is 0 Å². The maximum Gasteiger partial charge on any atom is 0.196 e. The van der Waals surface area contributed by atoms with Crippen molar-refractivity contribution in [1.29, 1.82) is 0 Å². The SMILES string of the molecule is COC(C)Oc1ccc(S)cc1. The van der Waals surface area contributed by atoms with Crippen LogP contribution in [0.25, 0.3) is 0 Å². The third kappa shape index (κ3) is 2.75. The van der Waals surface area contributed by atoms with Gasteiger partial charge in [0.25, 0.3) is 0 Å². The highest BCUT2D eigenvalue weighted by molar-refractivity contribution is 7.80. The number of hydrogen-bond donors (Lipinski definition) is 1. The van der Waals surface area contributed by atoms with Crippen molar-refractivity contribution in [2.75, 3.05) is 7.11 Å².